The van der Waals surface area contributed by atoms with E-state index in [0.717, 1.165) is 118 Å². The Bertz CT molecular complexity index is 5780. The molecule has 34 heteroatoms. The molecule has 0 fully saturated rings. The second kappa shape index (κ2) is 28.3. The first-order chi connectivity index (χ1) is 47.3. The number of hydrogen-bond acceptors (Lipinski definition) is 24. The van der Waals surface area contributed by atoms with Crippen molar-refractivity contribution < 1.29 is 102 Å². The Kier molecular flexibility index (Phi) is 21.3. The number of aromatic nitrogens is 2. The summed E-state index contributed by atoms with van der Waals surface area (Å²) in [6.45, 7) is 15.6. The highest BCUT2D eigenvalue weighted by atomic mass is 32.2. The predicted molar refractivity (Wildman–Crippen MR) is 369 cm³/mol. The molecule has 6 aromatic carbocycles. The summed E-state index contributed by atoms with van der Waals surface area (Å²) in [6.07, 6.45) is 20.0. The number of allylic oxidation sites excluding steroid dienone is 12. The van der Waals surface area contributed by atoms with Gasteiger partial charge in [-0.15, -0.1) is 0 Å². The van der Waals surface area contributed by atoms with Crippen molar-refractivity contribution in [3.63, 3.8) is 0 Å². The molecule has 0 spiro atoms. The molecule has 0 bridgehead atoms. The van der Waals surface area contributed by atoms with Gasteiger partial charge in [-0.1, -0.05) is 111 Å². The average Bonchev–Trinajstić information content (AvgIpc) is 1.57. The number of amides is 1. The summed E-state index contributed by atoms with van der Waals surface area (Å²) in [5, 5.41) is 24.8. The number of fused-ring (bicyclic) bond motifs is 6. The number of nitrogens with zero attached hydrogens (tertiary/aromatic N) is 6. The molecule has 28 nitrogen and oxygen atoms in total. The Balaban J connectivity index is 0.000000237. The fourth-order valence-corrected chi connectivity index (χ4v) is 15.4. The topological polar surface area (TPSA) is 454 Å². The number of hydrazone groups is 1. The molecule has 0 aliphatic carbocycles. The van der Waals surface area contributed by atoms with Crippen LogP contribution >= 0.6 is 0 Å². The molecule has 0 saturated heterocycles. The molecule has 0 atom stereocenters. The van der Waals surface area contributed by atoms with Crippen LogP contribution in [0.25, 0.3) is 33.3 Å². The first kappa shape index (κ1) is 76.6. The lowest BCUT2D eigenvalue weighted by Crippen LogP contribution is -2.30. The summed E-state index contributed by atoms with van der Waals surface area (Å²) in [4.78, 5) is 35.3. The molecule has 0 unspecified atom stereocenters. The lowest BCUT2D eigenvalue weighted by atomic mass is 9.79. The molecule has 1 amide bonds. The fraction of sp³-hybridized carbons (Fsp3) is 0.206. The van der Waals surface area contributed by atoms with Crippen molar-refractivity contribution in [3.05, 3.63) is 203 Å². The Morgan fingerprint density at radius 1 is 0.588 bits per heavy atom. The molecule has 3 aliphatic heterocycles. The summed E-state index contributed by atoms with van der Waals surface area (Å²) in [7, 11) is -30.0. The van der Waals surface area contributed by atoms with Gasteiger partial charge in [0.25, 0.3) is 16.0 Å². The van der Waals surface area contributed by atoms with Crippen molar-refractivity contribution in [3.8, 4) is 11.6 Å². The van der Waals surface area contributed by atoms with Gasteiger partial charge in [-0.3, -0.25) is 18.9 Å². The average molecular weight is 1510 g/mol. The lowest BCUT2D eigenvalue weighted by Gasteiger charge is -2.27. The van der Waals surface area contributed by atoms with E-state index >= 15 is 0 Å². The molecule has 10 rings (SSSR count). The van der Waals surface area contributed by atoms with Gasteiger partial charge < -0.3 is 32.8 Å². The molecular formula is C68H61N6O22S6-5. The van der Waals surface area contributed by atoms with Crippen LogP contribution < -0.4 is 15.0 Å². The van der Waals surface area contributed by atoms with Crippen LogP contribution in [0.15, 0.2) is 205 Å². The summed E-state index contributed by atoms with van der Waals surface area (Å²) < 4.78 is 211. The van der Waals surface area contributed by atoms with Crippen molar-refractivity contribution >= 4 is 134 Å². The van der Waals surface area contributed by atoms with Crippen LogP contribution in [0.1, 0.15) is 87.6 Å². The van der Waals surface area contributed by atoms with Crippen molar-refractivity contribution in [2.75, 3.05) is 28.8 Å². The highest BCUT2D eigenvalue weighted by Crippen LogP contribution is 2.51. The Hall–Kier alpha value is -9.56. The largest absolute Gasteiger partial charge is 0.858 e. The number of ketones is 2. The third-order valence-electron chi connectivity index (χ3n) is 16.7. The van der Waals surface area contributed by atoms with Gasteiger partial charge in [0.2, 0.25) is 5.69 Å². The maximum absolute atomic E-state index is 13.2. The molecule has 102 heavy (non-hydrogen) atoms. The van der Waals surface area contributed by atoms with Crippen molar-refractivity contribution in [1.82, 2.24) is 9.78 Å². The number of Topliss-reactive ketones (excluding diaryl/α,β-unsaturated/α-hetero) is 2. The molecule has 7 aromatic rings. The normalized spacial score (nSPS) is 16.7. The van der Waals surface area contributed by atoms with Crippen LogP contribution in [0.4, 0.5) is 17.1 Å². The van der Waals surface area contributed by atoms with Crippen molar-refractivity contribution in [1.29, 1.82) is 0 Å². The smallest absolute Gasteiger partial charge is 0.294 e. The fourth-order valence-electron chi connectivity index (χ4n) is 12.2. The molecule has 1 N–H and O–H groups in total. The van der Waals surface area contributed by atoms with E-state index in [2.05, 4.69) is 86.7 Å². The summed E-state index contributed by atoms with van der Waals surface area (Å²) in [5.41, 5.74) is 2.52. The van der Waals surface area contributed by atoms with Gasteiger partial charge in [-0.2, -0.15) is 28.2 Å². The molecule has 0 saturated carbocycles. The Morgan fingerprint density at radius 3 is 1.72 bits per heavy atom. The van der Waals surface area contributed by atoms with Crippen molar-refractivity contribution in [2.45, 2.75) is 97.1 Å². The number of carbonyl (C=O) groups is 3. The maximum Gasteiger partial charge on any atom is 0.294 e. The van der Waals surface area contributed by atoms with Gasteiger partial charge in [-0.25, -0.2) is 46.8 Å². The number of rotatable bonds is 21. The Morgan fingerprint density at radius 2 is 1.13 bits per heavy atom. The van der Waals surface area contributed by atoms with E-state index in [0.29, 0.717) is 36.4 Å². The van der Waals surface area contributed by atoms with Crippen molar-refractivity contribution in [2.24, 2.45) is 5.10 Å². The molecule has 536 valence electrons. The first-order valence-electron chi connectivity index (χ1n) is 30.4. The van der Waals surface area contributed by atoms with Gasteiger partial charge >= 0.3 is 0 Å². The minimum atomic E-state index is -5.39. The molecule has 1 aromatic heterocycles. The van der Waals surface area contributed by atoms with Gasteiger partial charge in [0, 0.05) is 66.9 Å². The van der Waals surface area contributed by atoms with Gasteiger partial charge in [0.1, 0.15) is 58.4 Å². The predicted octanol–water partition coefficient (Wildman–Crippen LogP) is 7.48. The zero-order valence-electron chi connectivity index (χ0n) is 55.1. The van der Waals surface area contributed by atoms with Crippen LogP contribution in [0.2, 0.25) is 0 Å². The van der Waals surface area contributed by atoms with E-state index in [1.165, 1.54) is 12.1 Å². The quantitative estimate of drug-likeness (QED) is 0.0239. The Labute approximate surface area is 587 Å². The molecular weight excluding hydrogens is 1450 g/mol. The van der Waals surface area contributed by atoms with E-state index in [-0.39, 0.29) is 26.5 Å². The number of aryl methyl sites for hydroxylation is 1. The highest BCUT2D eigenvalue weighted by molar-refractivity contribution is 7.87. The zero-order valence-corrected chi connectivity index (χ0v) is 60.0. The van der Waals surface area contributed by atoms with Gasteiger partial charge in [0.15, 0.2) is 17.3 Å². The summed E-state index contributed by atoms with van der Waals surface area (Å²) in [6, 6.07) is 21.9. The number of hydrogen-bond donors (Lipinski definition) is 1. The highest BCUT2D eigenvalue weighted by Gasteiger charge is 2.46. The molecule has 0 radical (unpaired) electrons. The lowest BCUT2D eigenvalue weighted by molar-refractivity contribution is -0.437. The summed E-state index contributed by atoms with van der Waals surface area (Å²) in [5.74, 6) is -4.69. The minimum absolute atomic E-state index is 0.0694. The maximum atomic E-state index is 13.2. The molecule has 4 heterocycles. The SMILES string of the molecule is CC(=O)C1=NN(c2cc(S(=O)(=O)[O-])ccc2S(=O)(=O)[O-])C(=O)C1=C/C=C/C=C/c1c(C(C)=O)nn(-c2cc(S(=O)(=O)[O-])ccc2S(=O)(=O)[O-])c1[O-].CCC[N+]1=C(C=CC=CC=CC=C2N(CCS(=O)(=O)[O-])c3ccc4cc(C)ccc4c3C2(C)C)C(C)(C)c2c1ccc1cc(S(=O)(=O)O)ccc21. The van der Waals surface area contributed by atoms with Crippen LogP contribution in [-0.2, 0) is 81.1 Å². The van der Waals surface area contributed by atoms with E-state index in [1.807, 2.05) is 59.6 Å². The van der Waals surface area contributed by atoms with Crippen LogP contribution in [0.3, 0.4) is 0 Å². The summed E-state index contributed by atoms with van der Waals surface area (Å²) >= 11 is 0. The van der Waals surface area contributed by atoms with E-state index < -0.39 is 149 Å². The zero-order chi connectivity index (χ0) is 75.4. The second-order valence-corrected chi connectivity index (χ2v) is 32.8. The standard InChI is InChI=1S/C41H44N2O6S2.C27H22N4O16S4/c1-7-23-42-34-22-17-30-27-31(51(47,48)49)18-20-33(30)39(34)40(3,4)36(42)13-11-9-8-10-12-14-37-41(5,6)38-32-19-15-28(2)26-29(32)16-21-35(38)43(37)24-25-50(44,45)46;1-14(32)24-18(26(34)30(28-24)20-12-16(48(36,37)38)8-10-22(20)50(42,43)44)6-4-3-5-7-19-25(15(2)33)29-31(27(19)35)21-13-17(49(39,40)41)9-11-23(21)51(45,46)47/h8-22,26-27H,7,23-25H2,1-6H3,(H-,44,45,46,47,48,49);3-13,34H,1-2H3,(H,36,37,38)(H,39,40,41)(H,42,43,44)(H,45,46,47)/p-5/b;5-3+,6-4+,19-7?. The third-order valence-corrected chi connectivity index (χ3v) is 21.6. The van der Waals surface area contributed by atoms with Crippen LogP contribution in [-0.4, -0.2) is 140 Å². The number of carbonyl (C=O) groups excluding carboxylic acids is 3. The monoisotopic (exact) mass is 1510 g/mol. The van der Waals surface area contributed by atoms with E-state index in [1.54, 1.807) is 6.07 Å². The molecule has 3 aliphatic rings. The minimum Gasteiger partial charge on any atom is -0.858 e. The second-order valence-electron chi connectivity index (χ2n) is 24.4. The third kappa shape index (κ3) is 15.9. The van der Waals surface area contributed by atoms with Crippen LogP contribution in [0.5, 0.6) is 5.88 Å². The number of anilines is 2. The van der Waals surface area contributed by atoms with Gasteiger partial charge in [-0.05, 0) is 127 Å². The van der Waals surface area contributed by atoms with Crippen LogP contribution in [0, 0.1) is 6.92 Å². The first-order valence-corrected chi connectivity index (χ1v) is 39.0. The number of benzene rings is 6. The van der Waals surface area contributed by atoms with Gasteiger partial charge in [0.05, 0.1) is 62.7 Å². The van der Waals surface area contributed by atoms with E-state index in [9.17, 15) is 97.3 Å². The van der Waals surface area contributed by atoms with E-state index in [4.69, 9.17) is 0 Å².